The van der Waals surface area contributed by atoms with Crippen molar-refractivity contribution in [3.63, 3.8) is 0 Å². The Morgan fingerprint density at radius 1 is 0.683 bits per heavy atom. The fourth-order valence-corrected chi connectivity index (χ4v) is 7.51. The number of rotatable bonds is 11. The molecule has 224 valence electrons. The zero-order valence-electron chi connectivity index (χ0n) is 24.6. The number of carbonyl (C=O) groups is 4. The Morgan fingerprint density at radius 2 is 1.29 bits per heavy atom. The highest BCUT2D eigenvalue weighted by Crippen LogP contribution is 2.28. The summed E-state index contributed by atoms with van der Waals surface area (Å²) >= 11 is 0. The van der Waals surface area contributed by atoms with Crippen LogP contribution in [0.1, 0.15) is 89.0 Å². The average molecular weight is 565 g/mol. The quantitative estimate of drug-likeness (QED) is 0.326. The van der Waals surface area contributed by atoms with Gasteiger partial charge in [-0.2, -0.15) is 0 Å². The molecule has 8 nitrogen and oxygen atoms in total. The van der Waals surface area contributed by atoms with Crippen LogP contribution < -0.4 is 5.32 Å². The molecule has 2 aliphatic carbocycles. The lowest BCUT2D eigenvalue weighted by molar-refractivity contribution is -0.159. The lowest BCUT2D eigenvalue weighted by atomic mass is 9.88. The van der Waals surface area contributed by atoms with Crippen molar-refractivity contribution >= 4 is 23.6 Å². The van der Waals surface area contributed by atoms with Crippen LogP contribution in [0.5, 0.6) is 0 Å². The van der Waals surface area contributed by atoms with Crippen LogP contribution in [0, 0.1) is 11.8 Å². The van der Waals surface area contributed by atoms with Crippen molar-refractivity contribution in [2.75, 3.05) is 32.7 Å². The van der Waals surface area contributed by atoms with E-state index in [0.29, 0.717) is 44.6 Å². The van der Waals surface area contributed by atoms with Crippen LogP contribution in [0.3, 0.4) is 0 Å². The van der Waals surface area contributed by atoms with Crippen molar-refractivity contribution in [2.45, 2.75) is 102 Å². The maximum absolute atomic E-state index is 13.4. The van der Waals surface area contributed by atoms with Crippen LogP contribution in [0.15, 0.2) is 30.3 Å². The minimum Gasteiger partial charge on any atom is -0.346 e. The Kier molecular flexibility index (Phi) is 10.3. The second kappa shape index (κ2) is 14.3. The van der Waals surface area contributed by atoms with Gasteiger partial charge in [-0.3, -0.25) is 19.2 Å². The number of piperazine rings is 2. The van der Waals surface area contributed by atoms with E-state index in [4.69, 9.17) is 0 Å². The van der Waals surface area contributed by atoms with Gasteiger partial charge >= 0.3 is 23.6 Å². The van der Waals surface area contributed by atoms with Crippen molar-refractivity contribution in [2.24, 2.45) is 11.8 Å². The standard InChI is InChI=1S/C33H48N4O4/c38-30-31(39)36(22-26-14-6-2-7-15-26)28(21-34-30)18-10-11-19-35-24-29(20-25-12-4-1-5-13-25)37(33(41)32(35)40)23-27-16-8-3-9-17-27/h1,4-5,12-13,26-29H,2-3,6-11,14-24H2,(H,34,38)/t28-,29-/m0/s1. The maximum atomic E-state index is 13.4. The van der Waals surface area contributed by atoms with E-state index in [9.17, 15) is 19.2 Å². The highest BCUT2D eigenvalue weighted by atomic mass is 16.2. The van der Waals surface area contributed by atoms with Gasteiger partial charge in [-0.1, -0.05) is 68.9 Å². The van der Waals surface area contributed by atoms with Crippen molar-refractivity contribution < 1.29 is 19.2 Å². The molecule has 1 aromatic carbocycles. The van der Waals surface area contributed by atoms with Gasteiger partial charge in [-0.25, -0.2) is 0 Å². The predicted octanol–water partition coefficient (Wildman–Crippen LogP) is 3.93. The molecule has 2 saturated heterocycles. The summed E-state index contributed by atoms with van der Waals surface area (Å²) in [5.41, 5.74) is 1.19. The zero-order chi connectivity index (χ0) is 28.6. The summed E-state index contributed by atoms with van der Waals surface area (Å²) in [5, 5.41) is 2.77. The predicted molar refractivity (Wildman–Crippen MR) is 158 cm³/mol. The van der Waals surface area contributed by atoms with Crippen molar-refractivity contribution in [1.82, 2.24) is 20.0 Å². The van der Waals surface area contributed by atoms with E-state index >= 15 is 0 Å². The van der Waals surface area contributed by atoms with Crippen LogP contribution in [0.25, 0.3) is 0 Å². The van der Waals surface area contributed by atoms with Crippen molar-refractivity contribution in [3.8, 4) is 0 Å². The van der Waals surface area contributed by atoms with Crippen LogP contribution in [0.2, 0.25) is 0 Å². The van der Waals surface area contributed by atoms with E-state index in [1.165, 1.54) is 44.1 Å². The van der Waals surface area contributed by atoms with Gasteiger partial charge in [0.1, 0.15) is 0 Å². The number of carbonyl (C=O) groups excluding carboxylic acids is 4. The van der Waals surface area contributed by atoms with E-state index in [2.05, 4.69) is 17.4 Å². The van der Waals surface area contributed by atoms with E-state index in [1.807, 2.05) is 28.0 Å². The minimum atomic E-state index is -0.489. The van der Waals surface area contributed by atoms with Crippen LogP contribution in [-0.2, 0) is 25.6 Å². The van der Waals surface area contributed by atoms with Gasteiger partial charge < -0.3 is 20.0 Å². The molecule has 2 saturated carbocycles. The lowest BCUT2D eigenvalue weighted by Crippen LogP contribution is -2.61. The minimum absolute atomic E-state index is 0.00219. The summed E-state index contributed by atoms with van der Waals surface area (Å²) in [5.74, 6) is -0.634. The first-order valence-corrected chi connectivity index (χ1v) is 16.2. The molecule has 1 aromatic rings. The highest BCUT2D eigenvalue weighted by molar-refractivity contribution is 6.36. The number of nitrogens with one attached hydrogen (secondary N) is 1. The summed E-state index contributed by atoms with van der Waals surface area (Å²) in [7, 11) is 0. The smallest absolute Gasteiger partial charge is 0.312 e. The third-order valence-electron chi connectivity index (χ3n) is 9.89. The molecule has 0 unspecified atom stereocenters. The van der Waals surface area contributed by atoms with Gasteiger partial charge in [0.2, 0.25) is 0 Å². The molecule has 2 atom stereocenters. The van der Waals surface area contributed by atoms with Gasteiger partial charge in [-0.05, 0) is 68.8 Å². The fourth-order valence-electron chi connectivity index (χ4n) is 7.51. The second-order valence-corrected chi connectivity index (χ2v) is 12.9. The number of hydrogen-bond donors (Lipinski definition) is 1. The van der Waals surface area contributed by atoms with Crippen molar-refractivity contribution in [3.05, 3.63) is 35.9 Å². The second-order valence-electron chi connectivity index (χ2n) is 12.9. The first-order chi connectivity index (χ1) is 20.0. The van der Waals surface area contributed by atoms with Gasteiger partial charge in [0.25, 0.3) is 0 Å². The van der Waals surface area contributed by atoms with E-state index in [0.717, 1.165) is 51.4 Å². The molecule has 2 aliphatic heterocycles. The van der Waals surface area contributed by atoms with E-state index < -0.39 is 11.8 Å². The Bertz CT molecular complexity index is 1050. The Morgan fingerprint density at radius 3 is 1.93 bits per heavy atom. The highest BCUT2D eigenvalue weighted by Gasteiger charge is 2.40. The Labute approximate surface area is 245 Å². The van der Waals surface area contributed by atoms with Crippen molar-refractivity contribution in [1.29, 1.82) is 0 Å². The van der Waals surface area contributed by atoms with Gasteiger partial charge in [0, 0.05) is 38.8 Å². The topological polar surface area (TPSA) is 90.0 Å². The summed E-state index contributed by atoms with van der Waals surface area (Å²) in [6.07, 6.45) is 15.1. The third-order valence-corrected chi connectivity index (χ3v) is 9.89. The summed E-state index contributed by atoms with van der Waals surface area (Å²) < 4.78 is 0. The monoisotopic (exact) mass is 564 g/mol. The summed E-state index contributed by atoms with van der Waals surface area (Å²) in [6, 6.07) is 10.3. The molecule has 0 bridgehead atoms. The van der Waals surface area contributed by atoms with E-state index in [1.54, 1.807) is 4.90 Å². The molecule has 4 amide bonds. The molecule has 0 spiro atoms. The van der Waals surface area contributed by atoms with E-state index in [-0.39, 0.29) is 23.9 Å². The summed E-state index contributed by atoms with van der Waals surface area (Å²) in [6.45, 7) is 2.97. The number of benzene rings is 1. The molecular formula is C33H48N4O4. The molecule has 5 rings (SSSR count). The Hall–Kier alpha value is -2.90. The first-order valence-electron chi connectivity index (χ1n) is 16.2. The molecule has 2 heterocycles. The van der Waals surface area contributed by atoms with Gasteiger partial charge in [-0.15, -0.1) is 0 Å². The Balaban J connectivity index is 1.17. The maximum Gasteiger partial charge on any atom is 0.312 e. The molecule has 41 heavy (non-hydrogen) atoms. The number of amides is 4. The molecular weight excluding hydrogens is 516 g/mol. The SMILES string of the molecule is O=C1NC[C@H](CCCCN2C[C@H](Cc3ccccc3)N(CC3CCCCC3)C(=O)C2=O)N(CC2CCCCC2)C1=O. The third kappa shape index (κ3) is 7.69. The van der Waals surface area contributed by atoms with Crippen LogP contribution >= 0.6 is 0 Å². The fraction of sp³-hybridized carbons (Fsp3) is 0.697. The number of hydrogen-bond acceptors (Lipinski definition) is 4. The molecule has 4 fully saturated rings. The first kappa shape index (κ1) is 29.6. The normalized spacial score (nSPS) is 25.1. The molecule has 8 heteroatoms. The lowest BCUT2D eigenvalue weighted by Gasteiger charge is -2.42. The molecule has 4 aliphatic rings. The number of unbranched alkanes of at least 4 members (excludes halogenated alkanes) is 1. The van der Waals surface area contributed by atoms with Crippen LogP contribution in [-0.4, -0.2) is 83.1 Å². The number of nitrogens with zero attached hydrogens (tertiary/aromatic N) is 3. The zero-order valence-corrected chi connectivity index (χ0v) is 24.6. The molecule has 0 radical (unpaired) electrons. The van der Waals surface area contributed by atoms with Gasteiger partial charge in [0.05, 0.1) is 6.04 Å². The van der Waals surface area contributed by atoms with Gasteiger partial charge in [0.15, 0.2) is 0 Å². The molecule has 1 N–H and O–H groups in total. The molecule has 0 aromatic heterocycles. The summed E-state index contributed by atoms with van der Waals surface area (Å²) in [4.78, 5) is 57.0. The van der Waals surface area contributed by atoms with Crippen LogP contribution in [0.4, 0.5) is 0 Å². The average Bonchev–Trinajstić information content (AvgIpc) is 3.00. The largest absolute Gasteiger partial charge is 0.346 e.